The number of nitrogens with zero attached hydrogens (tertiary/aromatic N) is 1. The molecule has 29 heavy (non-hydrogen) atoms. The van der Waals surface area contributed by atoms with Gasteiger partial charge in [-0.2, -0.15) is 4.31 Å². The van der Waals surface area contributed by atoms with Crippen molar-refractivity contribution in [1.29, 1.82) is 0 Å². The molecule has 1 aliphatic heterocycles. The van der Waals surface area contributed by atoms with Crippen molar-refractivity contribution in [1.82, 2.24) is 9.62 Å². The monoisotopic (exact) mass is 424 g/mol. The highest BCUT2D eigenvalue weighted by Gasteiger charge is 2.30. The predicted octanol–water partition coefficient (Wildman–Crippen LogP) is 3.80. The number of benzene rings is 1. The minimum absolute atomic E-state index is 0.0945. The van der Waals surface area contributed by atoms with E-state index in [4.69, 9.17) is 5.73 Å². The Labute approximate surface area is 175 Å². The number of nitrogens with one attached hydrogen (secondary N) is 2. The van der Waals surface area contributed by atoms with Gasteiger partial charge in [-0.05, 0) is 30.9 Å². The summed E-state index contributed by atoms with van der Waals surface area (Å²) in [6, 6.07) is 4.67. The molecule has 1 aromatic rings. The molecular formula is C21H36N4O3S. The molecule has 0 saturated carbocycles. The number of unbranched alkanes of at least 4 members (excludes halogenated alkanes) is 5. The van der Waals surface area contributed by atoms with E-state index in [1.807, 2.05) is 0 Å². The fourth-order valence-electron chi connectivity index (χ4n) is 3.66. The van der Waals surface area contributed by atoms with Crippen molar-refractivity contribution >= 4 is 21.7 Å². The number of carbonyl (C=O) groups is 1. The smallest absolute Gasteiger partial charge is 0.319 e. The highest BCUT2D eigenvalue weighted by atomic mass is 32.2. The van der Waals surface area contributed by atoms with Crippen molar-refractivity contribution in [2.45, 2.75) is 76.2 Å². The second kappa shape index (κ2) is 12.1. The summed E-state index contributed by atoms with van der Waals surface area (Å²) in [4.78, 5) is 12.5. The number of carbonyl (C=O) groups excluding carboxylic acids is 1. The molecule has 1 aromatic carbocycles. The normalized spacial score (nSPS) is 15.2. The van der Waals surface area contributed by atoms with Gasteiger partial charge in [0.2, 0.25) is 10.0 Å². The molecule has 0 aliphatic carbocycles. The van der Waals surface area contributed by atoms with E-state index in [0.29, 0.717) is 30.9 Å². The molecule has 0 unspecified atom stereocenters. The number of hydrogen-bond acceptors (Lipinski definition) is 4. The first kappa shape index (κ1) is 23.6. The molecule has 0 bridgehead atoms. The quantitative estimate of drug-likeness (QED) is 0.470. The van der Waals surface area contributed by atoms with Gasteiger partial charge in [0, 0.05) is 26.2 Å². The summed E-state index contributed by atoms with van der Waals surface area (Å²) in [5.74, 6) is 0. The van der Waals surface area contributed by atoms with Crippen LogP contribution in [-0.2, 0) is 16.6 Å². The van der Waals surface area contributed by atoms with Crippen LogP contribution in [0.1, 0.15) is 70.3 Å². The van der Waals surface area contributed by atoms with E-state index in [1.165, 1.54) is 30.0 Å². The van der Waals surface area contributed by atoms with Crippen LogP contribution in [0.25, 0.3) is 0 Å². The molecule has 164 valence electrons. The first-order valence-electron chi connectivity index (χ1n) is 10.9. The van der Waals surface area contributed by atoms with Crippen molar-refractivity contribution in [3.63, 3.8) is 0 Å². The Bertz CT molecular complexity index is 746. The predicted molar refractivity (Wildman–Crippen MR) is 117 cm³/mol. The average molecular weight is 425 g/mol. The second-order valence-electron chi connectivity index (χ2n) is 7.61. The SMILES string of the molecule is CCCCCCCCNC(=O)Nc1cccc(CN)c1S(=O)(=O)N1CCCCC1. The standard InChI is InChI=1S/C21H36N4O3S/c1-2-3-4-5-6-8-14-23-21(26)24-19-13-11-12-18(17-22)20(19)29(27,28)25-15-9-7-10-16-25/h11-13H,2-10,14-17,22H2,1H3,(H2,23,24,26). The Balaban J connectivity index is 2.02. The fraction of sp³-hybridized carbons (Fsp3) is 0.667. The highest BCUT2D eigenvalue weighted by Crippen LogP contribution is 2.30. The summed E-state index contributed by atoms with van der Waals surface area (Å²) >= 11 is 0. The minimum Gasteiger partial charge on any atom is -0.338 e. The Morgan fingerprint density at radius 2 is 1.76 bits per heavy atom. The van der Waals surface area contributed by atoms with Gasteiger partial charge in [0.25, 0.3) is 0 Å². The lowest BCUT2D eigenvalue weighted by molar-refractivity contribution is 0.252. The van der Waals surface area contributed by atoms with Crippen LogP contribution in [0.15, 0.2) is 23.1 Å². The molecule has 0 radical (unpaired) electrons. The lowest BCUT2D eigenvalue weighted by Crippen LogP contribution is -2.37. The largest absolute Gasteiger partial charge is 0.338 e. The van der Waals surface area contributed by atoms with Crippen molar-refractivity contribution in [3.8, 4) is 0 Å². The Morgan fingerprint density at radius 1 is 1.07 bits per heavy atom. The van der Waals surface area contributed by atoms with E-state index in [9.17, 15) is 13.2 Å². The maximum absolute atomic E-state index is 13.3. The van der Waals surface area contributed by atoms with E-state index >= 15 is 0 Å². The Hall–Kier alpha value is -1.64. The van der Waals surface area contributed by atoms with E-state index in [0.717, 1.165) is 32.1 Å². The molecule has 0 aromatic heterocycles. The van der Waals surface area contributed by atoms with Crippen LogP contribution in [0.5, 0.6) is 0 Å². The van der Waals surface area contributed by atoms with Crippen molar-refractivity contribution in [2.75, 3.05) is 25.0 Å². The van der Waals surface area contributed by atoms with E-state index in [-0.39, 0.29) is 17.5 Å². The molecule has 0 spiro atoms. The van der Waals surface area contributed by atoms with Crippen LogP contribution in [0, 0.1) is 0 Å². The molecular weight excluding hydrogens is 388 g/mol. The molecule has 1 heterocycles. The summed E-state index contributed by atoms with van der Waals surface area (Å²) in [5, 5.41) is 5.56. The molecule has 2 rings (SSSR count). The lowest BCUT2D eigenvalue weighted by atomic mass is 10.1. The van der Waals surface area contributed by atoms with Crippen molar-refractivity contribution in [3.05, 3.63) is 23.8 Å². The van der Waals surface area contributed by atoms with Gasteiger partial charge in [-0.25, -0.2) is 13.2 Å². The Morgan fingerprint density at radius 3 is 2.45 bits per heavy atom. The number of anilines is 1. The number of urea groups is 1. The zero-order valence-corrected chi connectivity index (χ0v) is 18.4. The average Bonchev–Trinajstić information content (AvgIpc) is 2.73. The van der Waals surface area contributed by atoms with E-state index in [1.54, 1.807) is 18.2 Å². The number of sulfonamides is 1. The van der Waals surface area contributed by atoms with Crippen molar-refractivity contribution < 1.29 is 13.2 Å². The molecule has 1 aliphatic rings. The fourth-order valence-corrected chi connectivity index (χ4v) is 5.53. The van der Waals surface area contributed by atoms with Gasteiger partial charge in [0.15, 0.2) is 0 Å². The van der Waals surface area contributed by atoms with Crippen molar-refractivity contribution in [2.24, 2.45) is 5.73 Å². The van der Waals surface area contributed by atoms with Crippen LogP contribution in [0.4, 0.5) is 10.5 Å². The number of rotatable bonds is 11. The summed E-state index contributed by atoms with van der Waals surface area (Å²) in [6.45, 7) is 3.86. The van der Waals surface area contributed by atoms with Gasteiger partial charge in [-0.1, -0.05) is 57.6 Å². The summed E-state index contributed by atoms with van der Waals surface area (Å²) < 4.78 is 28.0. The lowest BCUT2D eigenvalue weighted by Gasteiger charge is -2.28. The van der Waals surface area contributed by atoms with Crippen LogP contribution >= 0.6 is 0 Å². The zero-order valence-electron chi connectivity index (χ0n) is 17.6. The zero-order chi connectivity index (χ0) is 21.1. The van der Waals surface area contributed by atoms with Gasteiger partial charge in [0.05, 0.1) is 5.69 Å². The molecule has 0 atom stereocenters. The summed E-state index contributed by atoms with van der Waals surface area (Å²) in [5.41, 5.74) is 6.62. The van der Waals surface area contributed by atoms with Gasteiger partial charge >= 0.3 is 6.03 Å². The summed E-state index contributed by atoms with van der Waals surface area (Å²) in [6.07, 6.45) is 9.61. The van der Waals surface area contributed by atoms with Gasteiger partial charge in [-0.15, -0.1) is 0 Å². The number of nitrogens with two attached hydrogens (primary N) is 1. The molecule has 2 amide bonds. The third-order valence-corrected chi connectivity index (χ3v) is 7.34. The minimum atomic E-state index is -3.71. The van der Waals surface area contributed by atoms with Gasteiger partial charge in [0.1, 0.15) is 4.90 Å². The first-order chi connectivity index (χ1) is 14.0. The Kier molecular flexibility index (Phi) is 9.90. The number of piperidine rings is 1. The van der Waals surface area contributed by atoms with Crippen LogP contribution in [0.3, 0.4) is 0 Å². The molecule has 7 nitrogen and oxygen atoms in total. The third kappa shape index (κ3) is 6.97. The second-order valence-corrected chi connectivity index (χ2v) is 9.49. The maximum atomic E-state index is 13.3. The molecule has 1 fully saturated rings. The van der Waals surface area contributed by atoms with E-state index < -0.39 is 10.0 Å². The van der Waals surface area contributed by atoms with Gasteiger partial charge < -0.3 is 16.4 Å². The topological polar surface area (TPSA) is 105 Å². The molecule has 1 saturated heterocycles. The first-order valence-corrected chi connectivity index (χ1v) is 12.3. The van der Waals surface area contributed by atoms with Crippen LogP contribution in [0.2, 0.25) is 0 Å². The number of amides is 2. The van der Waals surface area contributed by atoms with Crippen LogP contribution in [-0.4, -0.2) is 38.4 Å². The molecule has 4 N–H and O–H groups in total. The van der Waals surface area contributed by atoms with E-state index in [2.05, 4.69) is 17.6 Å². The van der Waals surface area contributed by atoms with Gasteiger partial charge in [-0.3, -0.25) is 0 Å². The highest BCUT2D eigenvalue weighted by molar-refractivity contribution is 7.89. The molecule has 8 heteroatoms. The number of hydrogen-bond donors (Lipinski definition) is 3. The summed E-state index contributed by atoms with van der Waals surface area (Å²) in [7, 11) is -3.71. The van der Waals surface area contributed by atoms with Crippen LogP contribution < -0.4 is 16.4 Å². The third-order valence-electron chi connectivity index (χ3n) is 5.29. The maximum Gasteiger partial charge on any atom is 0.319 e.